The maximum atomic E-state index is 12.1. The average Bonchev–Trinajstić information content (AvgIpc) is 2.34. The van der Waals surface area contributed by atoms with Gasteiger partial charge in [-0.05, 0) is 20.3 Å². The van der Waals surface area contributed by atoms with Crippen LogP contribution in [0, 0.1) is 0 Å². The average molecular weight is 274 g/mol. The highest BCUT2D eigenvalue weighted by atomic mass is 16.5. The van der Waals surface area contributed by atoms with Crippen LogP contribution in [0.15, 0.2) is 0 Å². The minimum Gasteiger partial charge on any atom is -0.480 e. The minimum atomic E-state index is -1.30. The fourth-order valence-electron chi connectivity index (χ4n) is 2.04. The highest BCUT2D eigenvalue weighted by Gasteiger charge is 2.33. The molecule has 0 saturated carbocycles. The van der Waals surface area contributed by atoms with Crippen LogP contribution in [0.2, 0.25) is 0 Å². The molecule has 0 spiro atoms. The Morgan fingerprint density at radius 3 is 2.63 bits per heavy atom. The first-order valence-electron chi connectivity index (χ1n) is 6.46. The van der Waals surface area contributed by atoms with Crippen molar-refractivity contribution in [2.75, 3.05) is 13.2 Å². The molecule has 0 bridgehead atoms. The summed E-state index contributed by atoms with van der Waals surface area (Å²) in [6.45, 7) is 5.98. The molecule has 1 aliphatic rings. The molecule has 1 aliphatic heterocycles. The van der Waals surface area contributed by atoms with Crippen LogP contribution in [0.1, 0.15) is 27.2 Å². The van der Waals surface area contributed by atoms with Crippen molar-refractivity contribution in [3.05, 3.63) is 0 Å². The number of morpholine rings is 1. The van der Waals surface area contributed by atoms with Crippen molar-refractivity contribution in [1.82, 2.24) is 10.2 Å². The van der Waals surface area contributed by atoms with Crippen molar-refractivity contribution in [2.24, 2.45) is 0 Å². The largest absolute Gasteiger partial charge is 0.480 e. The van der Waals surface area contributed by atoms with E-state index in [0.717, 1.165) is 6.42 Å². The Kier molecular flexibility index (Phi) is 5.56. The molecule has 4 atom stereocenters. The molecule has 7 heteroatoms. The SMILES string of the molecule is CCC1COC(C)CN1C(=O)NC(C(=O)O)C(C)O. The summed E-state index contributed by atoms with van der Waals surface area (Å²) >= 11 is 0. The maximum absolute atomic E-state index is 12.1. The van der Waals surface area contributed by atoms with Crippen LogP contribution >= 0.6 is 0 Å². The number of hydrogen-bond acceptors (Lipinski definition) is 4. The Bertz CT molecular complexity index is 334. The molecule has 19 heavy (non-hydrogen) atoms. The van der Waals surface area contributed by atoms with E-state index in [0.29, 0.717) is 13.2 Å². The number of aliphatic hydroxyl groups excluding tert-OH is 1. The topological polar surface area (TPSA) is 99.1 Å². The van der Waals surface area contributed by atoms with Crippen LogP contribution in [0.3, 0.4) is 0 Å². The van der Waals surface area contributed by atoms with Crippen molar-refractivity contribution in [3.63, 3.8) is 0 Å². The van der Waals surface area contributed by atoms with Gasteiger partial charge >= 0.3 is 12.0 Å². The molecule has 0 aliphatic carbocycles. The molecular formula is C12H22N2O5. The van der Waals surface area contributed by atoms with E-state index in [2.05, 4.69) is 5.32 Å². The van der Waals surface area contributed by atoms with E-state index >= 15 is 0 Å². The van der Waals surface area contributed by atoms with Crippen LogP contribution in [0.5, 0.6) is 0 Å². The fraction of sp³-hybridized carbons (Fsp3) is 0.833. The van der Waals surface area contributed by atoms with Gasteiger partial charge in [0.15, 0.2) is 6.04 Å². The van der Waals surface area contributed by atoms with E-state index in [9.17, 15) is 14.7 Å². The summed E-state index contributed by atoms with van der Waals surface area (Å²) in [7, 11) is 0. The number of carboxylic acids is 1. The van der Waals surface area contributed by atoms with E-state index in [-0.39, 0.29) is 12.1 Å². The molecule has 110 valence electrons. The van der Waals surface area contributed by atoms with Gasteiger partial charge in [0.2, 0.25) is 0 Å². The molecule has 2 amide bonds. The van der Waals surface area contributed by atoms with E-state index in [4.69, 9.17) is 9.84 Å². The number of urea groups is 1. The number of hydrogen-bond donors (Lipinski definition) is 3. The van der Waals surface area contributed by atoms with Crippen LogP contribution < -0.4 is 5.32 Å². The van der Waals surface area contributed by atoms with Gasteiger partial charge in [-0.25, -0.2) is 9.59 Å². The van der Waals surface area contributed by atoms with Gasteiger partial charge in [-0.2, -0.15) is 0 Å². The molecule has 0 radical (unpaired) electrons. The summed E-state index contributed by atoms with van der Waals surface area (Å²) in [4.78, 5) is 24.6. The van der Waals surface area contributed by atoms with Gasteiger partial charge in [-0.3, -0.25) is 0 Å². The molecule has 1 fully saturated rings. The van der Waals surface area contributed by atoms with Gasteiger partial charge in [0, 0.05) is 6.54 Å². The number of ether oxygens (including phenoxy) is 1. The second-order valence-electron chi connectivity index (χ2n) is 4.86. The van der Waals surface area contributed by atoms with Gasteiger partial charge in [0.1, 0.15) is 0 Å². The molecule has 1 rings (SSSR count). The van der Waals surface area contributed by atoms with Crippen LogP contribution in [-0.2, 0) is 9.53 Å². The molecular weight excluding hydrogens is 252 g/mol. The number of rotatable bonds is 4. The predicted octanol–water partition coefficient (Wildman–Crippen LogP) is 0.0293. The zero-order valence-electron chi connectivity index (χ0n) is 11.5. The molecule has 0 aromatic rings. The molecule has 0 aromatic heterocycles. The molecule has 7 nitrogen and oxygen atoms in total. The first-order chi connectivity index (χ1) is 8.86. The van der Waals surface area contributed by atoms with Crippen molar-refractivity contribution in [2.45, 2.75) is 51.5 Å². The summed E-state index contributed by atoms with van der Waals surface area (Å²) < 4.78 is 5.47. The maximum Gasteiger partial charge on any atom is 0.328 e. The first kappa shape index (κ1) is 15.7. The normalized spacial score (nSPS) is 26.6. The summed E-state index contributed by atoms with van der Waals surface area (Å²) in [6.07, 6.45) is -0.504. The third-order valence-corrected chi connectivity index (χ3v) is 3.23. The highest BCUT2D eigenvalue weighted by Crippen LogP contribution is 2.14. The molecule has 4 unspecified atom stereocenters. The Morgan fingerprint density at radius 1 is 1.53 bits per heavy atom. The lowest BCUT2D eigenvalue weighted by Crippen LogP contribution is -2.58. The minimum absolute atomic E-state index is 0.0698. The number of amides is 2. The quantitative estimate of drug-likeness (QED) is 0.671. The first-order valence-corrected chi connectivity index (χ1v) is 6.46. The zero-order chi connectivity index (χ0) is 14.6. The van der Waals surface area contributed by atoms with Crippen molar-refractivity contribution < 1.29 is 24.5 Å². The molecule has 1 heterocycles. The third kappa shape index (κ3) is 4.07. The summed E-state index contributed by atoms with van der Waals surface area (Å²) in [6, 6.07) is -1.85. The predicted molar refractivity (Wildman–Crippen MR) is 67.8 cm³/mol. The Balaban J connectivity index is 2.71. The number of aliphatic carboxylic acids is 1. The standard InChI is InChI=1S/C12H22N2O5/c1-4-9-6-19-7(2)5-14(9)12(18)13-10(8(3)15)11(16)17/h7-10,15H,4-6H2,1-3H3,(H,13,18)(H,16,17). The van der Waals surface area contributed by atoms with Crippen molar-refractivity contribution in [3.8, 4) is 0 Å². The number of carbonyl (C=O) groups excluding carboxylic acids is 1. The number of nitrogens with zero attached hydrogens (tertiary/aromatic N) is 1. The molecule has 3 N–H and O–H groups in total. The smallest absolute Gasteiger partial charge is 0.328 e. The third-order valence-electron chi connectivity index (χ3n) is 3.23. The summed E-state index contributed by atoms with van der Waals surface area (Å²) in [5.41, 5.74) is 0. The van der Waals surface area contributed by atoms with Crippen molar-refractivity contribution in [1.29, 1.82) is 0 Å². The van der Waals surface area contributed by atoms with Gasteiger partial charge in [-0.15, -0.1) is 0 Å². The number of carbonyl (C=O) groups is 2. The second-order valence-corrected chi connectivity index (χ2v) is 4.86. The lowest BCUT2D eigenvalue weighted by Gasteiger charge is -2.38. The number of aliphatic hydroxyl groups is 1. The van der Waals surface area contributed by atoms with E-state index < -0.39 is 24.1 Å². The highest BCUT2D eigenvalue weighted by molar-refractivity contribution is 5.83. The summed E-state index contributed by atoms with van der Waals surface area (Å²) in [5.74, 6) is -1.25. The summed E-state index contributed by atoms with van der Waals surface area (Å²) in [5, 5.41) is 20.7. The molecule has 0 aromatic carbocycles. The van der Waals surface area contributed by atoms with Crippen molar-refractivity contribution >= 4 is 12.0 Å². The Hall–Kier alpha value is -1.34. The zero-order valence-corrected chi connectivity index (χ0v) is 11.5. The monoisotopic (exact) mass is 274 g/mol. The van der Waals surface area contributed by atoms with E-state index in [1.54, 1.807) is 4.90 Å². The van der Waals surface area contributed by atoms with Crippen LogP contribution in [-0.4, -0.2) is 64.6 Å². The van der Waals surface area contributed by atoms with Gasteiger partial charge in [-0.1, -0.05) is 6.92 Å². The fourth-order valence-corrected chi connectivity index (χ4v) is 2.04. The van der Waals surface area contributed by atoms with Crippen LogP contribution in [0.4, 0.5) is 4.79 Å². The Morgan fingerprint density at radius 2 is 2.16 bits per heavy atom. The van der Waals surface area contributed by atoms with Crippen LogP contribution in [0.25, 0.3) is 0 Å². The van der Waals surface area contributed by atoms with Gasteiger partial charge in [0.05, 0.1) is 24.9 Å². The van der Waals surface area contributed by atoms with E-state index in [1.807, 2.05) is 13.8 Å². The molecule has 1 saturated heterocycles. The Labute approximate surface area is 112 Å². The lowest BCUT2D eigenvalue weighted by molar-refractivity contribution is -0.141. The number of carboxylic acid groups (broad SMARTS) is 1. The number of nitrogens with one attached hydrogen (secondary N) is 1. The second kappa shape index (κ2) is 6.72. The lowest BCUT2D eigenvalue weighted by atomic mass is 10.1. The van der Waals surface area contributed by atoms with Gasteiger partial charge in [0.25, 0.3) is 0 Å². The van der Waals surface area contributed by atoms with E-state index in [1.165, 1.54) is 6.92 Å². The van der Waals surface area contributed by atoms with Gasteiger partial charge < -0.3 is 25.2 Å².